The molecule has 0 atom stereocenters. The van der Waals surface area contributed by atoms with Crippen LogP contribution in [0.25, 0.3) is 54.2 Å². The van der Waals surface area contributed by atoms with Crippen molar-refractivity contribution in [2.45, 2.75) is 0 Å². The van der Waals surface area contributed by atoms with Crippen LogP contribution in [0.15, 0.2) is 376 Å². The average molecular weight is 1210 g/mol. The topological polar surface area (TPSA) is 31.4 Å². The molecule has 0 spiro atoms. The molecule has 0 amide bonds. The maximum Gasteiger partial charge on any atom is 0.127 e. The van der Waals surface area contributed by atoms with E-state index >= 15 is 0 Å². The van der Waals surface area contributed by atoms with E-state index in [1.165, 1.54) is 21.5 Å². The zero-order valence-corrected chi connectivity index (χ0v) is 51.4. The summed E-state index contributed by atoms with van der Waals surface area (Å²) in [5.74, 6) is 3.14. The SMILES string of the molecule is c1ccc(Oc2ccc(N(c3ccc(N(c4ccc(-c5ccc(N(c6ccc(N(c7ccc(Oc8ccccc8)cc7)c7cccc8ccccc78)cc6)c6cccc7ccccc67)cc5)cc4)c4cccc5ccccc45)cc3)c3cccc4ccccc34)cc2)cc1. The molecule has 0 heterocycles. The molecule has 0 saturated carbocycles. The van der Waals surface area contributed by atoms with Crippen molar-refractivity contribution in [3.05, 3.63) is 376 Å². The Bertz CT molecular complexity index is 4940. The highest BCUT2D eigenvalue weighted by atomic mass is 16.5. The lowest BCUT2D eigenvalue weighted by Gasteiger charge is -2.30. The second kappa shape index (κ2) is 25.3. The van der Waals surface area contributed by atoms with Crippen LogP contribution in [0.2, 0.25) is 0 Å². The van der Waals surface area contributed by atoms with Crippen LogP contribution < -0.4 is 29.1 Å². The van der Waals surface area contributed by atoms with Crippen molar-refractivity contribution in [3.8, 4) is 34.1 Å². The summed E-state index contributed by atoms with van der Waals surface area (Å²) in [5.41, 5.74) is 14.8. The minimum Gasteiger partial charge on any atom is -0.457 e. The molecule has 94 heavy (non-hydrogen) atoms. The predicted octanol–water partition coefficient (Wildman–Crippen LogP) is 25.4. The van der Waals surface area contributed by atoms with Crippen molar-refractivity contribution < 1.29 is 9.47 Å². The van der Waals surface area contributed by atoms with Crippen LogP contribution in [0.1, 0.15) is 0 Å². The van der Waals surface area contributed by atoms with Gasteiger partial charge in [-0.15, -0.1) is 0 Å². The number of anilines is 12. The van der Waals surface area contributed by atoms with Gasteiger partial charge in [0.2, 0.25) is 0 Å². The van der Waals surface area contributed by atoms with Gasteiger partial charge in [-0.2, -0.15) is 0 Å². The number of ether oxygens (including phenoxy) is 2. The van der Waals surface area contributed by atoms with Crippen molar-refractivity contribution in [2.24, 2.45) is 0 Å². The number of para-hydroxylation sites is 2. The molecule has 6 heteroatoms. The molecular formula is C88H62N4O2. The largest absolute Gasteiger partial charge is 0.457 e. The van der Waals surface area contributed by atoms with Crippen LogP contribution >= 0.6 is 0 Å². The molecule has 0 saturated heterocycles. The van der Waals surface area contributed by atoms with Crippen LogP contribution in [-0.2, 0) is 0 Å². The number of fused-ring (bicyclic) bond motifs is 4. The third-order valence-electron chi connectivity index (χ3n) is 17.5. The minimum atomic E-state index is 0.772. The number of hydrogen-bond acceptors (Lipinski definition) is 6. The second-order valence-electron chi connectivity index (χ2n) is 23.3. The zero-order chi connectivity index (χ0) is 62.6. The van der Waals surface area contributed by atoms with Crippen molar-refractivity contribution in [1.29, 1.82) is 0 Å². The van der Waals surface area contributed by atoms with E-state index < -0.39 is 0 Å². The van der Waals surface area contributed by atoms with Gasteiger partial charge in [-0.1, -0.05) is 206 Å². The summed E-state index contributed by atoms with van der Waals surface area (Å²) in [4.78, 5) is 9.43. The molecule has 0 fully saturated rings. The van der Waals surface area contributed by atoms with Gasteiger partial charge < -0.3 is 29.1 Å². The van der Waals surface area contributed by atoms with E-state index in [-0.39, 0.29) is 0 Å². The molecule has 0 aliphatic rings. The molecule has 6 nitrogen and oxygen atoms in total. The van der Waals surface area contributed by atoms with E-state index in [9.17, 15) is 0 Å². The number of hydrogen-bond donors (Lipinski definition) is 0. The maximum atomic E-state index is 6.26. The summed E-state index contributed by atoms with van der Waals surface area (Å²) in [6.07, 6.45) is 0. The summed E-state index contributed by atoms with van der Waals surface area (Å²) >= 11 is 0. The smallest absolute Gasteiger partial charge is 0.127 e. The Hall–Kier alpha value is -12.6. The zero-order valence-electron chi connectivity index (χ0n) is 51.4. The van der Waals surface area contributed by atoms with E-state index in [4.69, 9.17) is 9.47 Å². The van der Waals surface area contributed by atoms with E-state index in [1.54, 1.807) is 0 Å². The van der Waals surface area contributed by atoms with Gasteiger partial charge in [0.15, 0.2) is 0 Å². The summed E-state index contributed by atoms with van der Waals surface area (Å²) in [6.45, 7) is 0. The lowest BCUT2D eigenvalue weighted by Crippen LogP contribution is -2.13. The quantitative estimate of drug-likeness (QED) is 0.0903. The van der Waals surface area contributed by atoms with Crippen LogP contribution in [0, 0.1) is 0 Å². The lowest BCUT2D eigenvalue weighted by molar-refractivity contribution is 0.482. The molecule has 16 rings (SSSR count). The van der Waals surface area contributed by atoms with Crippen LogP contribution in [-0.4, -0.2) is 0 Å². The summed E-state index contributed by atoms with van der Waals surface area (Å²) < 4.78 is 12.5. The summed E-state index contributed by atoms with van der Waals surface area (Å²) in [6, 6.07) is 133. The fraction of sp³-hybridized carbons (Fsp3) is 0. The highest BCUT2D eigenvalue weighted by molar-refractivity contribution is 6.03. The molecule has 0 aliphatic heterocycles. The molecule has 0 bridgehead atoms. The van der Waals surface area contributed by atoms with Gasteiger partial charge in [-0.05, 0) is 203 Å². The lowest BCUT2D eigenvalue weighted by atomic mass is 10.0. The Labute approximate surface area is 547 Å². The number of benzene rings is 16. The summed E-state index contributed by atoms with van der Waals surface area (Å²) in [5, 5.41) is 9.34. The third kappa shape index (κ3) is 11.3. The minimum absolute atomic E-state index is 0.772. The molecule has 0 aliphatic carbocycles. The van der Waals surface area contributed by atoms with E-state index in [1.807, 2.05) is 84.9 Å². The van der Waals surface area contributed by atoms with Crippen molar-refractivity contribution >= 4 is 111 Å². The standard InChI is InChI=1S/C88H62N4O2/c1-3-27-77(28-4-1)93-79-59-55-75(56-60-79)91(87-37-17-25-67-21-9-13-33-83(67)87)73-51-47-71(48-52-73)89(85-35-15-23-65-19-7-11-31-81(65)85)69-43-39-63(40-44-69)64-41-45-70(46-42-64)90(86-36-16-24-66-20-8-12-32-82(66)86)72-49-53-74(54-50-72)92(88-38-18-26-68-22-10-14-34-84(68)88)76-57-61-80(62-58-76)94-78-29-5-2-6-30-78/h1-62H. The van der Waals surface area contributed by atoms with E-state index in [0.29, 0.717) is 0 Å². The number of nitrogens with zero attached hydrogens (tertiary/aromatic N) is 4. The third-order valence-corrected chi connectivity index (χ3v) is 17.5. The monoisotopic (exact) mass is 1210 g/mol. The first kappa shape index (κ1) is 56.6. The Balaban J connectivity index is 0.733. The Morgan fingerprint density at radius 1 is 0.149 bits per heavy atom. The summed E-state index contributed by atoms with van der Waals surface area (Å²) in [7, 11) is 0. The fourth-order valence-corrected chi connectivity index (χ4v) is 13.0. The molecule has 0 N–H and O–H groups in total. The van der Waals surface area contributed by atoms with Gasteiger partial charge in [-0.3, -0.25) is 0 Å². The highest BCUT2D eigenvalue weighted by Crippen LogP contribution is 2.47. The maximum absolute atomic E-state index is 6.26. The molecule has 0 aromatic heterocycles. The molecule has 446 valence electrons. The first-order valence-electron chi connectivity index (χ1n) is 31.8. The first-order valence-corrected chi connectivity index (χ1v) is 31.8. The van der Waals surface area contributed by atoms with Gasteiger partial charge in [0.1, 0.15) is 23.0 Å². The normalized spacial score (nSPS) is 11.2. The first-order chi connectivity index (χ1) is 46.6. The van der Waals surface area contributed by atoms with Crippen LogP contribution in [0.5, 0.6) is 23.0 Å². The van der Waals surface area contributed by atoms with Gasteiger partial charge in [0.25, 0.3) is 0 Å². The molecule has 0 radical (unpaired) electrons. The highest BCUT2D eigenvalue weighted by Gasteiger charge is 2.22. The van der Waals surface area contributed by atoms with Crippen molar-refractivity contribution in [3.63, 3.8) is 0 Å². The molecule has 0 unspecified atom stereocenters. The number of rotatable bonds is 17. The predicted molar refractivity (Wildman–Crippen MR) is 394 cm³/mol. The van der Waals surface area contributed by atoms with Gasteiger partial charge >= 0.3 is 0 Å². The second-order valence-corrected chi connectivity index (χ2v) is 23.3. The van der Waals surface area contributed by atoms with Crippen LogP contribution in [0.3, 0.4) is 0 Å². The van der Waals surface area contributed by atoms with Crippen molar-refractivity contribution in [2.75, 3.05) is 19.6 Å². The Morgan fingerprint density at radius 3 is 0.596 bits per heavy atom. The van der Waals surface area contributed by atoms with Crippen LogP contribution in [0.4, 0.5) is 68.2 Å². The molecule has 16 aromatic rings. The fourth-order valence-electron chi connectivity index (χ4n) is 13.0. The van der Waals surface area contributed by atoms with Gasteiger partial charge in [0.05, 0.1) is 22.7 Å². The Morgan fingerprint density at radius 2 is 0.340 bits per heavy atom. The van der Waals surface area contributed by atoms with Crippen molar-refractivity contribution in [1.82, 2.24) is 0 Å². The van der Waals surface area contributed by atoms with E-state index in [0.717, 1.165) is 124 Å². The molecular weight excluding hydrogens is 1140 g/mol. The van der Waals surface area contributed by atoms with Gasteiger partial charge in [-0.25, -0.2) is 0 Å². The average Bonchev–Trinajstić information content (AvgIpc) is 0.814. The van der Waals surface area contributed by atoms with E-state index in [2.05, 4.69) is 311 Å². The molecule has 16 aromatic carbocycles. The van der Waals surface area contributed by atoms with Gasteiger partial charge in [0, 0.05) is 67.0 Å². The Kier molecular flexibility index (Phi) is 15.2.